The van der Waals surface area contributed by atoms with Crippen molar-refractivity contribution in [3.8, 4) is 0 Å². The van der Waals surface area contributed by atoms with Crippen molar-refractivity contribution in [1.82, 2.24) is 4.98 Å². The molecule has 70 valence electrons. The number of pyridine rings is 1. The first-order chi connectivity index (χ1) is 6.18. The van der Waals surface area contributed by atoms with Gasteiger partial charge in [-0.25, -0.2) is 4.98 Å². The lowest BCUT2D eigenvalue weighted by Crippen LogP contribution is -2.50. The fraction of sp³-hybridized carbons (Fsp3) is 0.500. The second-order valence-electron chi connectivity index (χ2n) is 3.83. The predicted molar refractivity (Wildman–Crippen MR) is 58.2 cm³/mol. The van der Waals surface area contributed by atoms with Crippen LogP contribution in [0.1, 0.15) is 13.8 Å². The van der Waals surface area contributed by atoms with Crippen LogP contribution in [-0.4, -0.2) is 21.5 Å². The molecular formula is C10H14N2S. The van der Waals surface area contributed by atoms with E-state index in [2.05, 4.69) is 24.1 Å². The lowest BCUT2D eigenvalue weighted by atomic mass is 10.0. The van der Waals surface area contributed by atoms with Gasteiger partial charge in [-0.05, 0) is 26.0 Å². The Labute approximate surface area is 83.1 Å². The van der Waals surface area contributed by atoms with Crippen molar-refractivity contribution in [3.63, 3.8) is 0 Å². The van der Waals surface area contributed by atoms with Gasteiger partial charge in [0.15, 0.2) is 0 Å². The van der Waals surface area contributed by atoms with Crippen molar-refractivity contribution >= 4 is 17.6 Å². The molecule has 1 aliphatic rings. The highest BCUT2D eigenvalue weighted by Crippen LogP contribution is 2.41. The first-order valence-corrected chi connectivity index (χ1v) is 5.48. The van der Waals surface area contributed by atoms with E-state index in [1.807, 2.05) is 36.2 Å². The summed E-state index contributed by atoms with van der Waals surface area (Å²) in [4.78, 5) is 4.25. The minimum atomic E-state index is 0.359. The van der Waals surface area contributed by atoms with Crippen LogP contribution in [0.15, 0.2) is 24.4 Å². The summed E-state index contributed by atoms with van der Waals surface area (Å²) in [5, 5.41) is 3.44. The summed E-state index contributed by atoms with van der Waals surface area (Å²) in [6.45, 7) is 4.53. The van der Waals surface area contributed by atoms with Gasteiger partial charge in [0.25, 0.3) is 0 Å². The first kappa shape index (κ1) is 8.88. The van der Waals surface area contributed by atoms with Crippen LogP contribution >= 0.6 is 11.8 Å². The Hall–Kier alpha value is -0.700. The maximum absolute atomic E-state index is 4.25. The van der Waals surface area contributed by atoms with Crippen LogP contribution < -0.4 is 5.32 Å². The molecule has 1 N–H and O–H groups in total. The van der Waals surface area contributed by atoms with Crippen LogP contribution in [0.25, 0.3) is 0 Å². The highest BCUT2D eigenvalue weighted by Gasteiger charge is 2.39. The van der Waals surface area contributed by atoms with Gasteiger partial charge in [-0.1, -0.05) is 6.07 Å². The number of thioether (sulfide) groups is 1. The number of aromatic nitrogens is 1. The van der Waals surface area contributed by atoms with Gasteiger partial charge in [0.05, 0.1) is 6.04 Å². The van der Waals surface area contributed by atoms with Gasteiger partial charge in [0.1, 0.15) is 5.82 Å². The van der Waals surface area contributed by atoms with Gasteiger partial charge >= 0.3 is 0 Å². The molecule has 0 radical (unpaired) electrons. The Morgan fingerprint density at radius 3 is 2.85 bits per heavy atom. The van der Waals surface area contributed by atoms with Gasteiger partial charge in [0.2, 0.25) is 0 Å². The number of anilines is 1. The van der Waals surface area contributed by atoms with E-state index in [1.54, 1.807) is 0 Å². The second-order valence-corrected chi connectivity index (χ2v) is 5.50. The molecule has 2 heterocycles. The van der Waals surface area contributed by atoms with Crippen molar-refractivity contribution in [2.45, 2.75) is 24.6 Å². The minimum Gasteiger partial charge on any atom is -0.365 e. The third-order valence-electron chi connectivity index (χ3n) is 2.45. The lowest BCUT2D eigenvalue weighted by Gasteiger charge is -2.44. The van der Waals surface area contributed by atoms with E-state index in [4.69, 9.17) is 0 Å². The molecule has 0 saturated carbocycles. The van der Waals surface area contributed by atoms with Crippen LogP contribution in [0.2, 0.25) is 0 Å². The van der Waals surface area contributed by atoms with Crippen LogP contribution in [0.3, 0.4) is 0 Å². The molecule has 0 bridgehead atoms. The molecule has 1 saturated heterocycles. The van der Waals surface area contributed by atoms with Crippen LogP contribution in [0.5, 0.6) is 0 Å². The maximum atomic E-state index is 4.25. The predicted octanol–water partition coefficient (Wildman–Crippen LogP) is 2.39. The summed E-state index contributed by atoms with van der Waals surface area (Å²) in [5.74, 6) is 2.17. The monoisotopic (exact) mass is 194 g/mol. The average molecular weight is 194 g/mol. The number of hydrogen-bond donors (Lipinski definition) is 1. The number of hydrogen-bond acceptors (Lipinski definition) is 3. The first-order valence-electron chi connectivity index (χ1n) is 4.50. The van der Waals surface area contributed by atoms with Crippen LogP contribution in [0.4, 0.5) is 5.82 Å². The Kier molecular flexibility index (Phi) is 2.20. The fourth-order valence-corrected chi connectivity index (χ4v) is 2.48. The quantitative estimate of drug-likeness (QED) is 0.782. The van der Waals surface area contributed by atoms with E-state index in [0.717, 1.165) is 5.82 Å². The van der Waals surface area contributed by atoms with Crippen molar-refractivity contribution < 1.29 is 0 Å². The summed E-state index contributed by atoms with van der Waals surface area (Å²) in [6, 6.07) is 6.52. The van der Waals surface area contributed by atoms with Gasteiger partial charge in [-0.3, -0.25) is 0 Å². The zero-order valence-corrected chi connectivity index (χ0v) is 8.77. The lowest BCUT2D eigenvalue weighted by molar-refractivity contribution is 0.574. The van der Waals surface area contributed by atoms with Gasteiger partial charge in [-0.2, -0.15) is 11.8 Å². The summed E-state index contributed by atoms with van der Waals surface area (Å²) < 4.78 is 0.359. The van der Waals surface area contributed by atoms with E-state index in [1.165, 1.54) is 5.75 Å². The second kappa shape index (κ2) is 3.22. The zero-order chi connectivity index (χ0) is 9.31. The Morgan fingerprint density at radius 2 is 2.38 bits per heavy atom. The Bertz CT molecular complexity index is 284. The van der Waals surface area contributed by atoms with E-state index in [0.29, 0.717) is 10.8 Å². The molecule has 0 aromatic carbocycles. The van der Waals surface area contributed by atoms with E-state index < -0.39 is 0 Å². The maximum Gasteiger partial charge on any atom is 0.126 e. The topological polar surface area (TPSA) is 24.9 Å². The molecule has 1 unspecified atom stereocenters. The van der Waals surface area contributed by atoms with E-state index >= 15 is 0 Å². The van der Waals surface area contributed by atoms with Crippen molar-refractivity contribution in [3.05, 3.63) is 24.4 Å². The van der Waals surface area contributed by atoms with E-state index in [-0.39, 0.29) is 0 Å². The van der Waals surface area contributed by atoms with Crippen LogP contribution in [-0.2, 0) is 0 Å². The molecule has 0 aliphatic carbocycles. The molecule has 1 aromatic heterocycles. The summed E-state index contributed by atoms with van der Waals surface area (Å²) in [6.07, 6.45) is 1.82. The zero-order valence-electron chi connectivity index (χ0n) is 7.95. The van der Waals surface area contributed by atoms with Crippen molar-refractivity contribution in [2.75, 3.05) is 11.1 Å². The minimum absolute atomic E-state index is 0.359. The molecule has 1 aliphatic heterocycles. The molecule has 2 rings (SSSR count). The molecule has 1 atom stereocenters. The number of nitrogens with zero attached hydrogens (tertiary/aromatic N) is 1. The van der Waals surface area contributed by atoms with Crippen molar-refractivity contribution in [2.24, 2.45) is 0 Å². The summed E-state index contributed by atoms with van der Waals surface area (Å²) in [7, 11) is 0. The smallest absolute Gasteiger partial charge is 0.126 e. The Morgan fingerprint density at radius 1 is 1.54 bits per heavy atom. The normalized spacial score (nSPS) is 24.9. The molecule has 3 heteroatoms. The van der Waals surface area contributed by atoms with Crippen molar-refractivity contribution in [1.29, 1.82) is 0 Å². The highest BCUT2D eigenvalue weighted by atomic mass is 32.2. The highest BCUT2D eigenvalue weighted by molar-refractivity contribution is 8.02. The van der Waals surface area contributed by atoms with Crippen LogP contribution in [0, 0.1) is 0 Å². The molecule has 0 spiro atoms. The molecule has 1 fully saturated rings. The SMILES string of the molecule is CC1(C)SCC1Nc1ccccn1. The number of rotatable bonds is 2. The third-order valence-corrected chi connectivity index (χ3v) is 3.98. The average Bonchev–Trinajstić information content (AvgIpc) is 2.15. The molecule has 2 nitrogen and oxygen atoms in total. The largest absolute Gasteiger partial charge is 0.365 e. The molecule has 0 amide bonds. The van der Waals surface area contributed by atoms with Gasteiger partial charge < -0.3 is 5.32 Å². The van der Waals surface area contributed by atoms with Gasteiger partial charge in [-0.15, -0.1) is 0 Å². The molecule has 13 heavy (non-hydrogen) atoms. The van der Waals surface area contributed by atoms with Gasteiger partial charge in [0, 0.05) is 16.7 Å². The summed E-state index contributed by atoms with van der Waals surface area (Å²) >= 11 is 2.00. The standard InChI is InChI=1S/C10H14N2S/c1-10(2)8(7-13-10)12-9-5-3-4-6-11-9/h3-6,8H,7H2,1-2H3,(H,11,12). The fourth-order valence-electron chi connectivity index (χ4n) is 1.34. The molecule has 1 aromatic rings. The Balaban J connectivity index is 2.00. The summed E-state index contributed by atoms with van der Waals surface area (Å²) in [5.41, 5.74) is 0. The number of nitrogens with one attached hydrogen (secondary N) is 1. The third kappa shape index (κ3) is 1.80. The molecular weight excluding hydrogens is 180 g/mol. The van der Waals surface area contributed by atoms with E-state index in [9.17, 15) is 0 Å².